The van der Waals surface area contributed by atoms with Gasteiger partial charge in [0.15, 0.2) is 0 Å². The van der Waals surface area contributed by atoms with E-state index in [1.165, 1.54) is 35.6 Å². The molecule has 2 aromatic rings. The van der Waals surface area contributed by atoms with Crippen LogP contribution in [-0.2, 0) is 16.6 Å². The fourth-order valence-corrected chi connectivity index (χ4v) is 3.32. The second-order valence-corrected chi connectivity index (χ2v) is 7.10. The summed E-state index contributed by atoms with van der Waals surface area (Å²) in [7, 11) is -2.30. The van der Waals surface area contributed by atoms with E-state index >= 15 is 0 Å². The second kappa shape index (κ2) is 7.41. The highest BCUT2D eigenvalue weighted by Crippen LogP contribution is 2.24. The van der Waals surface area contributed by atoms with Gasteiger partial charge in [-0.05, 0) is 25.1 Å². The standard InChI is InChI=1S/C16H18N2O5S/c1-3-23-16-7-5-4-6-13(16)12-17(2)24(21,22)15-10-8-14(9-11-15)18(19)20/h4-11H,3,12H2,1-2H3. The molecule has 2 aromatic carbocycles. The van der Waals surface area contributed by atoms with Gasteiger partial charge in [0, 0.05) is 31.3 Å². The third-order valence-electron chi connectivity index (χ3n) is 3.42. The van der Waals surface area contributed by atoms with Gasteiger partial charge < -0.3 is 4.74 Å². The van der Waals surface area contributed by atoms with E-state index in [9.17, 15) is 18.5 Å². The number of nitro benzene ring substituents is 1. The van der Waals surface area contributed by atoms with Crippen molar-refractivity contribution in [3.63, 3.8) is 0 Å². The van der Waals surface area contributed by atoms with Crippen LogP contribution < -0.4 is 4.74 Å². The molecule has 0 spiro atoms. The van der Waals surface area contributed by atoms with Gasteiger partial charge in [-0.15, -0.1) is 0 Å². The van der Waals surface area contributed by atoms with E-state index in [4.69, 9.17) is 4.74 Å². The van der Waals surface area contributed by atoms with Crippen molar-refractivity contribution in [1.82, 2.24) is 4.31 Å². The van der Waals surface area contributed by atoms with Gasteiger partial charge in [-0.1, -0.05) is 18.2 Å². The lowest BCUT2D eigenvalue weighted by Crippen LogP contribution is -2.26. The highest BCUT2D eigenvalue weighted by atomic mass is 32.2. The molecule has 2 rings (SSSR count). The molecule has 0 saturated heterocycles. The quantitative estimate of drug-likeness (QED) is 0.566. The number of hydrogen-bond donors (Lipinski definition) is 0. The average molecular weight is 350 g/mol. The minimum atomic E-state index is -3.76. The lowest BCUT2D eigenvalue weighted by Gasteiger charge is -2.19. The molecule has 0 aliphatic rings. The summed E-state index contributed by atoms with van der Waals surface area (Å²) in [4.78, 5) is 10.1. The maximum absolute atomic E-state index is 12.6. The van der Waals surface area contributed by atoms with Crippen molar-refractivity contribution in [1.29, 1.82) is 0 Å². The monoisotopic (exact) mass is 350 g/mol. The summed E-state index contributed by atoms with van der Waals surface area (Å²) in [5.74, 6) is 0.630. The van der Waals surface area contributed by atoms with Gasteiger partial charge in [-0.3, -0.25) is 10.1 Å². The van der Waals surface area contributed by atoms with Gasteiger partial charge in [0.25, 0.3) is 5.69 Å². The van der Waals surface area contributed by atoms with Crippen molar-refractivity contribution >= 4 is 15.7 Å². The first-order chi connectivity index (χ1) is 11.4. The molecule has 0 heterocycles. The number of ether oxygens (including phenoxy) is 1. The Hall–Kier alpha value is -2.45. The summed E-state index contributed by atoms with van der Waals surface area (Å²) in [6, 6.07) is 12.0. The number of sulfonamides is 1. The predicted octanol–water partition coefficient (Wildman–Crippen LogP) is 2.81. The molecule has 0 atom stereocenters. The van der Waals surface area contributed by atoms with Gasteiger partial charge in [0.2, 0.25) is 10.0 Å². The van der Waals surface area contributed by atoms with E-state index in [0.29, 0.717) is 12.4 Å². The zero-order valence-corrected chi connectivity index (χ0v) is 14.2. The van der Waals surface area contributed by atoms with Gasteiger partial charge in [-0.2, -0.15) is 4.31 Å². The fraction of sp³-hybridized carbons (Fsp3) is 0.250. The van der Waals surface area contributed by atoms with E-state index in [0.717, 1.165) is 5.56 Å². The normalized spacial score (nSPS) is 11.5. The third-order valence-corrected chi connectivity index (χ3v) is 5.24. The van der Waals surface area contributed by atoms with Crippen molar-refractivity contribution < 1.29 is 18.1 Å². The van der Waals surface area contributed by atoms with Crippen LogP contribution in [0.4, 0.5) is 5.69 Å². The first-order valence-electron chi connectivity index (χ1n) is 7.27. The van der Waals surface area contributed by atoms with E-state index in [1.807, 2.05) is 19.1 Å². The van der Waals surface area contributed by atoms with Crippen LogP contribution in [0.1, 0.15) is 12.5 Å². The van der Waals surface area contributed by atoms with Gasteiger partial charge in [0.05, 0.1) is 16.4 Å². The number of benzene rings is 2. The molecule has 0 aliphatic carbocycles. The smallest absolute Gasteiger partial charge is 0.269 e. The molecular weight excluding hydrogens is 332 g/mol. The molecule has 24 heavy (non-hydrogen) atoms. The molecule has 128 valence electrons. The van der Waals surface area contributed by atoms with Crippen LogP contribution in [-0.4, -0.2) is 31.3 Å². The van der Waals surface area contributed by atoms with Crippen molar-refractivity contribution in [3.8, 4) is 5.75 Å². The van der Waals surface area contributed by atoms with Crippen molar-refractivity contribution in [2.24, 2.45) is 0 Å². The summed E-state index contributed by atoms with van der Waals surface area (Å²) in [6.45, 7) is 2.47. The van der Waals surface area contributed by atoms with Crippen LogP contribution in [0.15, 0.2) is 53.4 Å². The first-order valence-corrected chi connectivity index (χ1v) is 8.71. The lowest BCUT2D eigenvalue weighted by molar-refractivity contribution is -0.384. The predicted molar refractivity (Wildman–Crippen MR) is 89.4 cm³/mol. The number of non-ortho nitro benzene ring substituents is 1. The molecule has 0 unspecified atom stereocenters. The highest BCUT2D eigenvalue weighted by molar-refractivity contribution is 7.89. The van der Waals surface area contributed by atoms with E-state index in [1.54, 1.807) is 12.1 Å². The first kappa shape index (κ1) is 17.9. The molecule has 8 heteroatoms. The largest absolute Gasteiger partial charge is 0.494 e. The maximum Gasteiger partial charge on any atom is 0.269 e. The highest BCUT2D eigenvalue weighted by Gasteiger charge is 2.22. The molecule has 0 bridgehead atoms. The minimum Gasteiger partial charge on any atom is -0.494 e. The maximum atomic E-state index is 12.6. The second-order valence-electron chi connectivity index (χ2n) is 5.05. The van der Waals surface area contributed by atoms with Crippen molar-refractivity contribution in [3.05, 3.63) is 64.2 Å². The number of rotatable bonds is 7. The average Bonchev–Trinajstić information content (AvgIpc) is 2.57. The molecular formula is C16H18N2O5S. The van der Waals surface area contributed by atoms with Crippen LogP contribution >= 0.6 is 0 Å². The van der Waals surface area contributed by atoms with Gasteiger partial charge >= 0.3 is 0 Å². The Morgan fingerprint density at radius 3 is 2.33 bits per heavy atom. The summed E-state index contributed by atoms with van der Waals surface area (Å²) >= 11 is 0. The topological polar surface area (TPSA) is 89.8 Å². The number of nitrogens with zero attached hydrogens (tertiary/aromatic N) is 2. The van der Waals surface area contributed by atoms with E-state index < -0.39 is 14.9 Å². The van der Waals surface area contributed by atoms with Crippen molar-refractivity contribution in [2.45, 2.75) is 18.4 Å². The summed E-state index contributed by atoms with van der Waals surface area (Å²) in [6.07, 6.45) is 0. The zero-order chi connectivity index (χ0) is 17.7. The number of nitro groups is 1. The molecule has 0 fully saturated rings. The van der Waals surface area contributed by atoms with Crippen LogP contribution in [0.3, 0.4) is 0 Å². The molecule has 7 nitrogen and oxygen atoms in total. The van der Waals surface area contributed by atoms with Gasteiger partial charge in [-0.25, -0.2) is 8.42 Å². The SMILES string of the molecule is CCOc1ccccc1CN(C)S(=O)(=O)c1ccc([N+](=O)[O-])cc1. The molecule has 0 radical (unpaired) electrons. The number of para-hydroxylation sites is 1. The number of hydrogen-bond acceptors (Lipinski definition) is 5. The Morgan fingerprint density at radius 1 is 1.12 bits per heavy atom. The lowest BCUT2D eigenvalue weighted by atomic mass is 10.2. The van der Waals surface area contributed by atoms with Crippen LogP contribution in [0.5, 0.6) is 5.75 Å². The molecule has 0 saturated carbocycles. The van der Waals surface area contributed by atoms with Crippen molar-refractivity contribution in [2.75, 3.05) is 13.7 Å². The molecule has 0 aromatic heterocycles. The third kappa shape index (κ3) is 3.90. The summed E-state index contributed by atoms with van der Waals surface area (Å²) in [5.41, 5.74) is 0.589. The Labute approximate surface area is 140 Å². The fourth-order valence-electron chi connectivity index (χ4n) is 2.18. The van der Waals surface area contributed by atoms with Gasteiger partial charge in [0.1, 0.15) is 5.75 Å². The van der Waals surface area contributed by atoms with Crippen LogP contribution in [0.2, 0.25) is 0 Å². The molecule has 0 amide bonds. The molecule has 0 aliphatic heterocycles. The summed E-state index contributed by atoms with van der Waals surface area (Å²) < 4.78 is 31.9. The van der Waals surface area contributed by atoms with E-state index in [-0.39, 0.29) is 17.1 Å². The Bertz CT molecular complexity index is 819. The molecule has 0 N–H and O–H groups in total. The zero-order valence-electron chi connectivity index (χ0n) is 13.4. The summed E-state index contributed by atoms with van der Waals surface area (Å²) in [5, 5.41) is 10.7. The van der Waals surface area contributed by atoms with E-state index in [2.05, 4.69) is 0 Å². The van der Waals surface area contributed by atoms with Crippen LogP contribution in [0.25, 0.3) is 0 Å². The Balaban J connectivity index is 2.25. The minimum absolute atomic E-state index is 0.00416. The Morgan fingerprint density at radius 2 is 1.75 bits per heavy atom. The van der Waals surface area contributed by atoms with Crippen LogP contribution in [0, 0.1) is 10.1 Å². The Kier molecular flexibility index (Phi) is 5.53.